The van der Waals surface area contributed by atoms with Crippen molar-refractivity contribution in [3.63, 3.8) is 0 Å². The molecule has 0 heterocycles. The van der Waals surface area contributed by atoms with Gasteiger partial charge in [0.1, 0.15) is 0 Å². The number of carbonyl (C=O) groups excluding carboxylic acids is 1. The van der Waals surface area contributed by atoms with E-state index in [0.717, 1.165) is 32.1 Å². The molecule has 1 unspecified atom stereocenters. The fourth-order valence-corrected chi connectivity index (χ4v) is 3.19. The SMILES string of the molecule is CCC1(C(=O)NC(C(N)=S)C2CC2)CCCC1. The molecule has 0 bridgehead atoms. The molecule has 3 nitrogen and oxygen atoms in total. The molecule has 4 heteroatoms. The first-order valence-corrected chi connectivity index (χ1v) is 7.10. The van der Waals surface area contributed by atoms with E-state index in [1.54, 1.807) is 0 Å². The van der Waals surface area contributed by atoms with Gasteiger partial charge in [0.25, 0.3) is 0 Å². The lowest BCUT2D eigenvalue weighted by molar-refractivity contribution is -0.131. The topological polar surface area (TPSA) is 55.1 Å². The van der Waals surface area contributed by atoms with Crippen molar-refractivity contribution in [2.45, 2.75) is 57.9 Å². The second-order valence-corrected chi connectivity index (χ2v) is 6.00. The Balaban J connectivity index is 2.01. The van der Waals surface area contributed by atoms with E-state index < -0.39 is 0 Å². The maximum Gasteiger partial charge on any atom is 0.226 e. The summed E-state index contributed by atoms with van der Waals surface area (Å²) in [4.78, 5) is 12.9. The Morgan fingerprint density at radius 1 is 1.47 bits per heavy atom. The zero-order valence-corrected chi connectivity index (χ0v) is 11.3. The molecule has 17 heavy (non-hydrogen) atoms. The molecule has 2 fully saturated rings. The molecular formula is C13H22N2OS. The van der Waals surface area contributed by atoms with Crippen LogP contribution in [0.3, 0.4) is 0 Å². The molecule has 0 saturated heterocycles. The predicted molar refractivity (Wildman–Crippen MR) is 72.6 cm³/mol. The average molecular weight is 254 g/mol. The summed E-state index contributed by atoms with van der Waals surface area (Å²) in [5, 5.41) is 3.11. The van der Waals surface area contributed by atoms with Gasteiger partial charge in [0, 0.05) is 5.41 Å². The lowest BCUT2D eigenvalue weighted by atomic mass is 9.82. The molecule has 0 aliphatic heterocycles. The molecule has 1 amide bonds. The predicted octanol–water partition coefficient (Wildman–Crippen LogP) is 2.14. The Morgan fingerprint density at radius 2 is 2.06 bits per heavy atom. The van der Waals surface area contributed by atoms with Crippen molar-refractivity contribution in [1.29, 1.82) is 0 Å². The van der Waals surface area contributed by atoms with E-state index in [-0.39, 0.29) is 17.4 Å². The van der Waals surface area contributed by atoms with Gasteiger partial charge in [0.05, 0.1) is 11.0 Å². The van der Waals surface area contributed by atoms with Crippen LogP contribution >= 0.6 is 12.2 Å². The van der Waals surface area contributed by atoms with E-state index in [1.807, 2.05) is 0 Å². The molecular weight excluding hydrogens is 232 g/mol. The van der Waals surface area contributed by atoms with Gasteiger partial charge in [-0.2, -0.15) is 0 Å². The van der Waals surface area contributed by atoms with Crippen LogP contribution in [-0.4, -0.2) is 16.9 Å². The molecule has 3 N–H and O–H groups in total. The number of carbonyl (C=O) groups is 1. The summed E-state index contributed by atoms with van der Waals surface area (Å²) in [5.41, 5.74) is 5.58. The van der Waals surface area contributed by atoms with Crippen LogP contribution in [0.2, 0.25) is 0 Å². The normalized spacial score (nSPS) is 24.3. The Hall–Kier alpha value is -0.640. The van der Waals surface area contributed by atoms with Crippen LogP contribution in [0, 0.1) is 11.3 Å². The first-order chi connectivity index (χ1) is 8.09. The fraction of sp³-hybridized carbons (Fsp3) is 0.846. The molecule has 0 aromatic carbocycles. The summed E-state index contributed by atoms with van der Waals surface area (Å²) in [6.45, 7) is 2.11. The zero-order chi connectivity index (χ0) is 12.5. The Labute approximate surface area is 109 Å². The highest BCUT2D eigenvalue weighted by molar-refractivity contribution is 7.80. The maximum atomic E-state index is 12.4. The third-order valence-corrected chi connectivity index (χ3v) is 4.66. The van der Waals surface area contributed by atoms with E-state index in [4.69, 9.17) is 18.0 Å². The lowest BCUT2D eigenvalue weighted by Crippen LogP contribution is -2.50. The Morgan fingerprint density at radius 3 is 2.47 bits per heavy atom. The summed E-state index contributed by atoms with van der Waals surface area (Å²) in [6.07, 6.45) is 7.58. The van der Waals surface area contributed by atoms with Crippen LogP contribution in [0.4, 0.5) is 0 Å². The van der Waals surface area contributed by atoms with Crippen LogP contribution in [0.25, 0.3) is 0 Å². The molecule has 0 aromatic rings. The van der Waals surface area contributed by atoms with Crippen molar-refractivity contribution in [2.75, 3.05) is 0 Å². The van der Waals surface area contributed by atoms with E-state index in [2.05, 4.69) is 12.2 Å². The monoisotopic (exact) mass is 254 g/mol. The Bertz CT molecular complexity index is 319. The number of thiocarbonyl (C=S) groups is 1. The van der Waals surface area contributed by atoms with Crippen LogP contribution in [0.15, 0.2) is 0 Å². The third kappa shape index (κ3) is 2.62. The maximum absolute atomic E-state index is 12.4. The highest BCUT2D eigenvalue weighted by Crippen LogP contribution is 2.42. The van der Waals surface area contributed by atoms with Gasteiger partial charge < -0.3 is 11.1 Å². The van der Waals surface area contributed by atoms with Crippen molar-refractivity contribution >= 4 is 23.1 Å². The van der Waals surface area contributed by atoms with Crippen LogP contribution in [0.5, 0.6) is 0 Å². The number of nitrogens with one attached hydrogen (secondary N) is 1. The van der Waals surface area contributed by atoms with Gasteiger partial charge in [-0.15, -0.1) is 0 Å². The van der Waals surface area contributed by atoms with E-state index in [1.165, 1.54) is 12.8 Å². The summed E-state index contributed by atoms with van der Waals surface area (Å²) in [5.74, 6) is 0.675. The molecule has 0 spiro atoms. The molecule has 2 aliphatic carbocycles. The third-order valence-electron chi connectivity index (χ3n) is 4.41. The van der Waals surface area contributed by atoms with Crippen molar-refractivity contribution < 1.29 is 4.79 Å². The minimum absolute atomic E-state index is 0.0680. The summed E-state index contributed by atoms with van der Waals surface area (Å²) < 4.78 is 0. The largest absolute Gasteiger partial charge is 0.392 e. The summed E-state index contributed by atoms with van der Waals surface area (Å²) >= 11 is 5.06. The first kappa shape index (κ1) is 12.8. The molecule has 0 aromatic heterocycles. The van der Waals surface area contributed by atoms with Gasteiger partial charge in [-0.25, -0.2) is 0 Å². The van der Waals surface area contributed by atoms with E-state index >= 15 is 0 Å². The summed E-state index contributed by atoms with van der Waals surface area (Å²) in [7, 11) is 0. The molecule has 2 saturated carbocycles. The minimum Gasteiger partial charge on any atom is -0.392 e. The average Bonchev–Trinajstić information content (AvgIpc) is 3.02. The van der Waals surface area contributed by atoms with Crippen LogP contribution in [-0.2, 0) is 4.79 Å². The second-order valence-electron chi connectivity index (χ2n) is 5.53. The van der Waals surface area contributed by atoms with Crippen molar-refractivity contribution in [2.24, 2.45) is 17.1 Å². The van der Waals surface area contributed by atoms with Gasteiger partial charge >= 0.3 is 0 Å². The lowest BCUT2D eigenvalue weighted by Gasteiger charge is -2.29. The van der Waals surface area contributed by atoms with Gasteiger partial charge in [0.2, 0.25) is 5.91 Å². The Kier molecular flexibility index (Phi) is 3.71. The highest BCUT2D eigenvalue weighted by Gasteiger charge is 2.42. The highest BCUT2D eigenvalue weighted by atomic mass is 32.1. The van der Waals surface area contributed by atoms with Crippen molar-refractivity contribution in [3.05, 3.63) is 0 Å². The van der Waals surface area contributed by atoms with Crippen LogP contribution < -0.4 is 11.1 Å². The van der Waals surface area contributed by atoms with Gasteiger partial charge in [-0.3, -0.25) is 4.79 Å². The smallest absolute Gasteiger partial charge is 0.226 e. The quantitative estimate of drug-likeness (QED) is 0.739. The van der Waals surface area contributed by atoms with Gasteiger partial charge in [0.15, 0.2) is 0 Å². The van der Waals surface area contributed by atoms with Gasteiger partial charge in [-0.05, 0) is 38.0 Å². The molecule has 1 atom stereocenters. The zero-order valence-electron chi connectivity index (χ0n) is 10.5. The van der Waals surface area contributed by atoms with E-state index in [0.29, 0.717) is 10.9 Å². The van der Waals surface area contributed by atoms with Crippen molar-refractivity contribution in [3.8, 4) is 0 Å². The number of nitrogens with two attached hydrogens (primary N) is 1. The van der Waals surface area contributed by atoms with Crippen LogP contribution in [0.1, 0.15) is 51.9 Å². The number of hydrogen-bond acceptors (Lipinski definition) is 2. The standard InChI is InChI=1S/C13H22N2OS/c1-2-13(7-3-4-8-13)12(16)15-10(11(14)17)9-5-6-9/h9-10H,2-8H2,1H3,(H2,14,17)(H,15,16). The number of rotatable bonds is 5. The molecule has 0 radical (unpaired) electrons. The molecule has 96 valence electrons. The number of amides is 1. The summed E-state index contributed by atoms with van der Waals surface area (Å²) in [6, 6.07) is -0.0680. The first-order valence-electron chi connectivity index (χ1n) is 6.69. The minimum atomic E-state index is -0.141. The molecule has 2 aliphatic rings. The van der Waals surface area contributed by atoms with E-state index in [9.17, 15) is 4.79 Å². The van der Waals surface area contributed by atoms with Crippen molar-refractivity contribution in [1.82, 2.24) is 5.32 Å². The molecule has 2 rings (SSSR count). The number of hydrogen-bond donors (Lipinski definition) is 2. The van der Waals surface area contributed by atoms with Gasteiger partial charge in [-0.1, -0.05) is 32.0 Å². The second kappa shape index (κ2) is 4.92. The fourth-order valence-electron chi connectivity index (χ4n) is 2.94.